The molecule has 2 aromatic rings. The third-order valence-corrected chi connectivity index (χ3v) is 5.68. The normalized spacial score (nSPS) is 19.9. The molecule has 0 radical (unpaired) electrons. The lowest BCUT2D eigenvalue weighted by atomic mass is 9.83. The van der Waals surface area contributed by atoms with Crippen LogP contribution in [0.2, 0.25) is 0 Å². The Morgan fingerprint density at radius 2 is 2.23 bits per heavy atom. The molecule has 22 heavy (non-hydrogen) atoms. The quantitative estimate of drug-likeness (QED) is 0.818. The molecule has 118 valence electrons. The van der Waals surface area contributed by atoms with Gasteiger partial charge in [-0.3, -0.25) is 4.68 Å². The van der Waals surface area contributed by atoms with Gasteiger partial charge in [-0.05, 0) is 19.3 Å². The van der Waals surface area contributed by atoms with Crippen LogP contribution in [0.5, 0.6) is 0 Å². The predicted octanol–water partition coefficient (Wildman–Crippen LogP) is 2.43. The first-order valence-electron chi connectivity index (χ1n) is 7.86. The number of hydrogen-bond donors (Lipinski definition) is 0. The number of rotatable bonds is 6. The number of anilines is 1. The zero-order valence-electron chi connectivity index (χ0n) is 13.0. The number of nitrogens with zero attached hydrogens (tertiary/aromatic N) is 5. The molecule has 2 aromatic heterocycles. The molecule has 6 nitrogen and oxygen atoms in total. The second-order valence-electron chi connectivity index (χ2n) is 6.51. The Morgan fingerprint density at radius 1 is 1.41 bits per heavy atom. The zero-order valence-corrected chi connectivity index (χ0v) is 13.8. The van der Waals surface area contributed by atoms with Crippen LogP contribution in [0.15, 0.2) is 11.6 Å². The molecule has 0 bridgehead atoms. The van der Waals surface area contributed by atoms with Crippen molar-refractivity contribution in [3.63, 3.8) is 0 Å². The maximum absolute atomic E-state index is 5.37. The van der Waals surface area contributed by atoms with Gasteiger partial charge in [0.15, 0.2) is 5.13 Å². The second-order valence-corrected chi connectivity index (χ2v) is 7.34. The molecule has 2 fully saturated rings. The van der Waals surface area contributed by atoms with Crippen molar-refractivity contribution in [2.45, 2.75) is 38.8 Å². The Bertz CT molecular complexity index is 653. The average molecular weight is 319 g/mol. The van der Waals surface area contributed by atoms with Gasteiger partial charge in [-0.25, -0.2) is 4.98 Å². The van der Waals surface area contributed by atoms with Gasteiger partial charge in [0.05, 0.1) is 26.0 Å². The maximum atomic E-state index is 5.37. The zero-order chi connectivity index (χ0) is 15.2. The summed E-state index contributed by atoms with van der Waals surface area (Å²) < 4.78 is 7.31. The summed E-state index contributed by atoms with van der Waals surface area (Å²) in [6.07, 6.45) is 5.67. The van der Waals surface area contributed by atoms with E-state index in [0.29, 0.717) is 6.04 Å². The van der Waals surface area contributed by atoms with Crippen LogP contribution < -0.4 is 4.90 Å². The van der Waals surface area contributed by atoms with Crippen molar-refractivity contribution in [1.82, 2.24) is 20.0 Å². The van der Waals surface area contributed by atoms with Crippen molar-refractivity contribution in [1.29, 1.82) is 0 Å². The molecular formula is C15H21N5OS. The predicted molar refractivity (Wildman–Crippen MR) is 86.1 cm³/mol. The minimum Gasteiger partial charge on any atom is -0.380 e. The molecule has 0 amide bonds. The van der Waals surface area contributed by atoms with Crippen LogP contribution in [-0.4, -0.2) is 46.3 Å². The largest absolute Gasteiger partial charge is 0.380 e. The average Bonchev–Trinajstić information content (AvgIpc) is 3.04. The van der Waals surface area contributed by atoms with E-state index in [0.717, 1.165) is 42.7 Å². The van der Waals surface area contributed by atoms with E-state index in [1.165, 1.54) is 12.8 Å². The standard InChI is InChI=1S/C15H21N5OS/c1-3-15(9-21-10-15)8-20-6-12(17-18-20)13-7-22-14(16-13)19(2)11-4-5-11/h6-7,11H,3-5,8-10H2,1-2H3. The third kappa shape index (κ3) is 2.52. The molecule has 1 saturated carbocycles. The molecule has 0 aromatic carbocycles. The lowest BCUT2D eigenvalue weighted by molar-refractivity contribution is -0.125. The molecule has 0 unspecified atom stereocenters. The molecule has 2 aliphatic rings. The highest BCUT2D eigenvalue weighted by atomic mass is 32.1. The smallest absolute Gasteiger partial charge is 0.185 e. The molecule has 3 heterocycles. The van der Waals surface area contributed by atoms with E-state index in [1.807, 2.05) is 10.9 Å². The summed E-state index contributed by atoms with van der Waals surface area (Å²) in [4.78, 5) is 6.98. The molecular weight excluding hydrogens is 298 g/mol. The van der Waals surface area contributed by atoms with Gasteiger partial charge in [-0.2, -0.15) is 0 Å². The van der Waals surface area contributed by atoms with Crippen LogP contribution in [0.4, 0.5) is 5.13 Å². The topological polar surface area (TPSA) is 56.1 Å². The first kappa shape index (κ1) is 14.1. The van der Waals surface area contributed by atoms with E-state index < -0.39 is 0 Å². The summed E-state index contributed by atoms with van der Waals surface area (Å²) in [5.41, 5.74) is 2.03. The summed E-state index contributed by atoms with van der Waals surface area (Å²) in [5.74, 6) is 0. The molecule has 1 saturated heterocycles. The minimum absolute atomic E-state index is 0.240. The van der Waals surface area contributed by atoms with Crippen molar-refractivity contribution in [2.24, 2.45) is 5.41 Å². The van der Waals surface area contributed by atoms with E-state index in [-0.39, 0.29) is 5.41 Å². The second kappa shape index (κ2) is 5.31. The van der Waals surface area contributed by atoms with Gasteiger partial charge in [0.2, 0.25) is 0 Å². The Kier molecular flexibility index (Phi) is 3.41. The van der Waals surface area contributed by atoms with Crippen LogP contribution in [0, 0.1) is 5.41 Å². The highest BCUT2D eigenvalue weighted by Crippen LogP contribution is 2.35. The fraction of sp³-hybridized carbons (Fsp3) is 0.667. The van der Waals surface area contributed by atoms with Crippen LogP contribution in [0.1, 0.15) is 26.2 Å². The van der Waals surface area contributed by atoms with E-state index in [9.17, 15) is 0 Å². The fourth-order valence-electron chi connectivity index (χ4n) is 2.80. The van der Waals surface area contributed by atoms with Crippen molar-refractivity contribution < 1.29 is 4.74 Å². The summed E-state index contributed by atoms with van der Waals surface area (Å²) in [7, 11) is 2.12. The number of aromatic nitrogens is 4. The monoisotopic (exact) mass is 319 g/mol. The number of hydrogen-bond acceptors (Lipinski definition) is 6. The molecule has 0 N–H and O–H groups in total. The van der Waals surface area contributed by atoms with Crippen molar-refractivity contribution in [3.8, 4) is 11.4 Å². The Hall–Kier alpha value is -1.47. The van der Waals surface area contributed by atoms with Crippen molar-refractivity contribution in [2.75, 3.05) is 25.2 Å². The van der Waals surface area contributed by atoms with E-state index in [1.54, 1.807) is 11.3 Å². The Labute approximate surface area is 134 Å². The molecule has 4 rings (SSSR count). The summed E-state index contributed by atoms with van der Waals surface area (Å²) in [6, 6.07) is 0.678. The van der Waals surface area contributed by atoms with Crippen LogP contribution in [-0.2, 0) is 11.3 Å². The van der Waals surface area contributed by atoms with Gasteiger partial charge in [0.25, 0.3) is 0 Å². The van der Waals surface area contributed by atoms with Gasteiger partial charge in [0.1, 0.15) is 11.4 Å². The molecule has 7 heteroatoms. The van der Waals surface area contributed by atoms with Crippen LogP contribution in [0.3, 0.4) is 0 Å². The van der Waals surface area contributed by atoms with Crippen molar-refractivity contribution in [3.05, 3.63) is 11.6 Å². The summed E-state index contributed by atoms with van der Waals surface area (Å²) in [6.45, 7) is 4.73. The first-order valence-corrected chi connectivity index (χ1v) is 8.74. The Morgan fingerprint density at radius 3 is 2.86 bits per heavy atom. The van der Waals surface area contributed by atoms with E-state index in [2.05, 4.69) is 34.6 Å². The lowest BCUT2D eigenvalue weighted by Gasteiger charge is -2.40. The van der Waals surface area contributed by atoms with Gasteiger partial charge < -0.3 is 9.64 Å². The van der Waals surface area contributed by atoms with Crippen LogP contribution in [0.25, 0.3) is 11.4 Å². The van der Waals surface area contributed by atoms with Gasteiger partial charge in [-0.15, -0.1) is 16.4 Å². The highest BCUT2D eigenvalue weighted by molar-refractivity contribution is 7.14. The van der Waals surface area contributed by atoms with Crippen LogP contribution >= 0.6 is 11.3 Å². The third-order valence-electron chi connectivity index (χ3n) is 4.75. The van der Waals surface area contributed by atoms with Crippen molar-refractivity contribution >= 4 is 16.5 Å². The number of ether oxygens (including phenoxy) is 1. The highest BCUT2D eigenvalue weighted by Gasteiger charge is 2.37. The first-order chi connectivity index (χ1) is 10.7. The molecule has 1 aliphatic heterocycles. The minimum atomic E-state index is 0.240. The summed E-state index contributed by atoms with van der Waals surface area (Å²) >= 11 is 1.68. The fourth-order valence-corrected chi connectivity index (χ4v) is 3.65. The Balaban J connectivity index is 1.49. The van der Waals surface area contributed by atoms with Gasteiger partial charge in [-0.1, -0.05) is 12.1 Å². The summed E-state index contributed by atoms with van der Waals surface area (Å²) in [5, 5.41) is 11.7. The van der Waals surface area contributed by atoms with E-state index in [4.69, 9.17) is 9.72 Å². The van der Waals surface area contributed by atoms with Gasteiger partial charge in [0, 0.05) is 23.9 Å². The molecule has 0 spiro atoms. The van der Waals surface area contributed by atoms with Gasteiger partial charge >= 0.3 is 0 Å². The molecule has 0 atom stereocenters. The maximum Gasteiger partial charge on any atom is 0.185 e. The SMILES string of the molecule is CCC1(Cn2cc(-c3csc(N(C)C4CC4)n3)nn2)COC1. The molecule has 1 aliphatic carbocycles. The number of thiazole rings is 1. The lowest BCUT2D eigenvalue weighted by Crippen LogP contribution is -2.45. The van der Waals surface area contributed by atoms with E-state index >= 15 is 0 Å².